The predicted octanol–water partition coefficient (Wildman–Crippen LogP) is 1.95. The zero-order valence-electron chi connectivity index (χ0n) is 10.1. The summed E-state index contributed by atoms with van der Waals surface area (Å²) in [4.78, 5) is 2.38. The van der Waals surface area contributed by atoms with Gasteiger partial charge < -0.3 is 10.6 Å². The molecule has 0 saturated heterocycles. The first kappa shape index (κ1) is 12.9. The SMILES string of the molecule is CC(C)C(CN)N(C)CC(C)(C)C. The molecule has 80 valence electrons. The normalized spacial score (nSPS) is 15.5. The Balaban J connectivity index is 4.14. The Labute approximate surface area is 83.5 Å². The van der Waals surface area contributed by atoms with E-state index in [0.29, 0.717) is 17.4 Å². The van der Waals surface area contributed by atoms with Crippen LogP contribution >= 0.6 is 0 Å². The van der Waals surface area contributed by atoms with Crippen molar-refractivity contribution in [1.29, 1.82) is 0 Å². The third kappa shape index (κ3) is 5.27. The van der Waals surface area contributed by atoms with Crippen molar-refractivity contribution in [2.24, 2.45) is 17.1 Å². The molecule has 2 heteroatoms. The molecule has 2 N–H and O–H groups in total. The molecule has 0 saturated carbocycles. The van der Waals surface area contributed by atoms with Gasteiger partial charge in [-0.3, -0.25) is 0 Å². The number of hydrogen-bond acceptors (Lipinski definition) is 2. The summed E-state index contributed by atoms with van der Waals surface area (Å²) >= 11 is 0. The first-order valence-corrected chi connectivity index (χ1v) is 5.18. The van der Waals surface area contributed by atoms with Crippen LogP contribution in [0.15, 0.2) is 0 Å². The first-order chi connectivity index (χ1) is 5.78. The molecule has 0 aliphatic carbocycles. The molecule has 0 aromatic rings. The highest BCUT2D eigenvalue weighted by atomic mass is 15.1. The number of rotatable bonds is 4. The van der Waals surface area contributed by atoms with Gasteiger partial charge in [0.15, 0.2) is 0 Å². The molecule has 0 bridgehead atoms. The molecule has 0 amide bonds. The van der Waals surface area contributed by atoms with Crippen molar-refractivity contribution >= 4 is 0 Å². The Morgan fingerprint density at radius 2 is 1.69 bits per heavy atom. The second-order valence-corrected chi connectivity index (χ2v) is 5.52. The van der Waals surface area contributed by atoms with Gasteiger partial charge in [0.25, 0.3) is 0 Å². The molecule has 0 aliphatic rings. The molecular formula is C11H26N2. The van der Waals surface area contributed by atoms with E-state index in [1.54, 1.807) is 0 Å². The average Bonchev–Trinajstić information content (AvgIpc) is 1.82. The third-order valence-corrected chi connectivity index (χ3v) is 2.30. The Kier molecular flexibility index (Phi) is 4.93. The van der Waals surface area contributed by atoms with E-state index >= 15 is 0 Å². The lowest BCUT2D eigenvalue weighted by molar-refractivity contribution is 0.144. The van der Waals surface area contributed by atoms with Crippen molar-refractivity contribution in [3.63, 3.8) is 0 Å². The van der Waals surface area contributed by atoms with Crippen LogP contribution in [0.4, 0.5) is 0 Å². The van der Waals surface area contributed by atoms with Crippen LogP contribution in [0.3, 0.4) is 0 Å². The Morgan fingerprint density at radius 3 is 1.92 bits per heavy atom. The largest absolute Gasteiger partial charge is 0.329 e. The van der Waals surface area contributed by atoms with Crippen LogP contribution in [-0.4, -0.2) is 31.1 Å². The Bertz CT molecular complexity index is 136. The van der Waals surface area contributed by atoms with Crippen LogP contribution in [0.2, 0.25) is 0 Å². The standard InChI is InChI=1S/C11H26N2/c1-9(2)10(7-12)13(6)8-11(3,4)5/h9-10H,7-8,12H2,1-6H3. The van der Waals surface area contributed by atoms with E-state index in [1.807, 2.05) is 0 Å². The fourth-order valence-corrected chi connectivity index (χ4v) is 1.83. The summed E-state index contributed by atoms with van der Waals surface area (Å²) in [6, 6.07) is 0.513. The Morgan fingerprint density at radius 1 is 1.23 bits per heavy atom. The third-order valence-electron chi connectivity index (χ3n) is 2.30. The van der Waals surface area contributed by atoms with Gasteiger partial charge in [0.2, 0.25) is 0 Å². The van der Waals surface area contributed by atoms with Gasteiger partial charge in [-0.05, 0) is 18.4 Å². The lowest BCUT2D eigenvalue weighted by atomic mass is 9.94. The second kappa shape index (κ2) is 4.97. The van der Waals surface area contributed by atoms with E-state index in [-0.39, 0.29) is 0 Å². The molecule has 1 unspecified atom stereocenters. The zero-order valence-corrected chi connectivity index (χ0v) is 10.1. The molecule has 0 radical (unpaired) electrons. The van der Waals surface area contributed by atoms with Crippen molar-refractivity contribution < 1.29 is 0 Å². The fraction of sp³-hybridized carbons (Fsp3) is 1.00. The maximum absolute atomic E-state index is 5.75. The smallest absolute Gasteiger partial charge is 0.0238 e. The summed E-state index contributed by atoms with van der Waals surface area (Å²) in [5.74, 6) is 0.636. The number of nitrogens with zero attached hydrogens (tertiary/aromatic N) is 1. The molecule has 0 heterocycles. The van der Waals surface area contributed by atoms with Crippen LogP contribution in [0.5, 0.6) is 0 Å². The minimum atomic E-state index is 0.358. The van der Waals surface area contributed by atoms with E-state index in [2.05, 4.69) is 46.6 Å². The van der Waals surface area contributed by atoms with Gasteiger partial charge in [-0.25, -0.2) is 0 Å². The molecule has 0 spiro atoms. The minimum absolute atomic E-state index is 0.358. The molecular weight excluding hydrogens is 160 g/mol. The van der Waals surface area contributed by atoms with Crippen LogP contribution in [-0.2, 0) is 0 Å². The van der Waals surface area contributed by atoms with Gasteiger partial charge in [0.05, 0.1) is 0 Å². The summed E-state index contributed by atoms with van der Waals surface area (Å²) in [5, 5.41) is 0. The molecule has 0 fully saturated rings. The fourth-order valence-electron chi connectivity index (χ4n) is 1.83. The van der Waals surface area contributed by atoms with Crippen molar-refractivity contribution in [3.05, 3.63) is 0 Å². The number of likely N-dealkylation sites (N-methyl/N-ethyl adjacent to an activating group) is 1. The van der Waals surface area contributed by atoms with Gasteiger partial charge in [0, 0.05) is 19.1 Å². The van der Waals surface area contributed by atoms with E-state index in [4.69, 9.17) is 5.73 Å². The highest BCUT2D eigenvalue weighted by Gasteiger charge is 2.21. The second-order valence-electron chi connectivity index (χ2n) is 5.52. The lowest BCUT2D eigenvalue weighted by Crippen LogP contribution is -2.45. The number of nitrogens with two attached hydrogens (primary N) is 1. The van der Waals surface area contributed by atoms with Gasteiger partial charge in [0.1, 0.15) is 0 Å². The minimum Gasteiger partial charge on any atom is -0.329 e. The van der Waals surface area contributed by atoms with Gasteiger partial charge >= 0.3 is 0 Å². The highest BCUT2D eigenvalue weighted by Crippen LogP contribution is 2.17. The Hall–Kier alpha value is -0.0800. The molecule has 1 atom stereocenters. The predicted molar refractivity (Wildman–Crippen MR) is 59.8 cm³/mol. The average molecular weight is 186 g/mol. The van der Waals surface area contributed by atoms with Crippen molar-refractivity contribution in [3.8, 4) is 0 Å². The van der Waals surface area contributed by atoms with E-state index in [9.17, 15) is 0 Å². The lowest BCUT2D eigenvalue weighted by Gasteiger charge is -2.34. The molecule has 0 rings (SSSR count). The molecule has 2 nitrogen and oxygen atoms in total. The molecule has 0 aromatic carbocycles. The quantitative estimate of drug-likeness (QED) is 0.727. The summed E-state index contributed by atoms with van der Waals surface area (Å²) in [6.45, 7) is 13.1. The van der Waals surface area contributed by atoms with E-state index < -0.39 is 0 Å². The summed E-state index contributed by atoms with van der Waals surface area (Å²) < 4.78 is 0. The maximum atomic E-state index is 5.75. The van der Waals surface area contributed by atoms with E-state index in [1.165, 1.54) is 0 Å². The number of hydrogen-bond donors (Lipinski definition) is 1. The monoisotopic (exact) mass is 186 g/mol. The van der Waals surface area contributed by atoms with Gasteiger partial charge in [-0.15, -0.1) is 0 Å². The highest BCUT2D eigenvalue weighted by molar-refractivity contribution is 4.76. The van der Waals surface area contributed by atoms with Gasteiger partial charge in [-0.2, -0.15) is 0 Å². The van der Waals surface area contributed by atoms with Crippen LogP contribution in [0, 0.1) is 11.3 Å². The first-order valence-electron chi connectivity index (χ1n) is 5.18. The topological polar surface area (TPSA) is 29.3 Å². The van der Waals surface area contributed by atoms with E-state index in [0.717, 1.165) is 13.1 Å². The molecule has 0 aromatic heterocycles. The summed E-state index contributed by atoms with van der Waals surface area (Å²) in [6.07, 6.45) is 0. The van der Waals surface area contributed by atoms with Crippen molar-refractivity contribution in [1.82, 2.24) is 4.90 Å². The van der Waals surface area contributed by atoms with Crippen LogP contribution in [0.25, 0.3) is 0 Å². The van der Waals surface area contributed by atoms with Crippen LogP contribution < -0.4 is 5.73 Å². The van der Waals surface area contributed by atoms with Crippen molar-refractivity contribution in [2.75, 3.05) is 20.1 Å². The maximum Gasteiger partial charge on any atom is 0.0238 e. The molecule has 0 aliphatic heterocycles. The van der Waals surface area contributed by atoms with Crippen LogP contribution in [0.1, 0.15) is 34.6 Å². The zero-order chi connectivity index (χ0) is 10.6. The summed E-state index contributed by atoms with van der Waals surface area (Å²) in [5.41, 5.74) is 6.11. The summed E-state index contributed by atoms with van der Waals surface area (Å²) in [7, 11) is 2.17. The van der Waals surface area contributed by atoms with Gasteiger partial charge in [-0.1, -0.05) is 34.6 Å². The molecule has 13 heavy (non-hydrogen) atoms. The van der Waals surface area contributed by atoms with Crippen molar-refractivity contribution in [2.45, 2.75) is 40.7 Å².